The third-order valence-electron chi connectivity index (χ3n) is 4.43. The van der Waals surface area contributed by atoms with Crippen LogP contribution in [-0.4, -0.2) is 26.0 Å². The molecule has 130 valence electrons. The van der Waals surface area contributed by atoms with E-state index < -0.39 is 0 Å². The summed E-state index contributed by atoms with van der Waals surface area (Å²) in [7, 11) is 0. The van der Waals surface area contributed by atoms with Gasteiger partial charge >= 0.3 is 0 Å². The molecule has 26 heavy (non-hydrogen) atoms. The average Bonchev–Trinajstić information content (AvgIpc) is 3.12. The van der Waals surface area contributed by atoms with E-state index in [0.717, 1.165) is 18.5 Å². The molecule has 4 aromatic rings. The summed E-state index contributed by atoms with van der Waals surface area (Å²) in [6, 6.07) is 5.28. The lowest BCUT2D eigenvalue weighted by atomic mass is 10.1. The van der Waals surface area contributed by atoms with Crippen molar-refractivity contribution in [1.29, 1.82) is 0 Å². The van der Waals surface area contributed by atoms with Gasteiger partial charge in [0.1, 0.15) is 11.5 Å². The van der Waals surface area contributed by atoms with Gasteiger partial charge in [-0.1, -0.05) is 5.16 Å². The van der Waals surface area contributed by atoms with Crippen LogP contribution in [0.1, 0.15) is 40.6 Å². The molecule has 0 saturated heterocycles. The van der Waals surface area contributed by atoms with Gasteiger partial charge in [-0.15, -0.1) is 0 Å². The Kier molecular flexibility index (Phi) is 3.34. The van der Waals surface area contributed by atoms with Gasteiger partial charge in [0.05, 0.1) is 29.5 Å². The molecule has 1 saturated carbocycles. The monoisotopic (exact) mass is 349 g/mol. The second-order valence-electron chi connectivity index (χ2n) is 6.27. The first-order valence-electron chi connectivity index (χ1n) is 8.40. The SMILES string of the molecule is O=C(NCc1ncc[nH]1)c1cc(-c2ccco2)nc2onc(C3CC3)c12. The molecule has 0 radical (unpaired) electrons. The summed E-state index contributed by atoms with van der Waals surface area (Å²) in [5.74, 6) is 1.36. The van der Waals surface area contributed by atoms with Crippen LogP contribution in [0.25, 0.3) is 22.6 Å². The first-order chi connectivity index (χ1) is 12.8. The van der Waals surface area contributed by atoms with Gasteiger partial charge in [-0.05, 0) is 31.0 Å². The zero-order valence-electron chi connectivity index (χ0n) is 13.7. The molecule has 1 amide bonds. The number of fused-ring (bicyclic) bond motifs is 1. The van der Waals surface area contributed by atoms with E-state index in [9.17, 15) is 4.79 Å². The highest BCUT2D eigenvalue weighted by atomic mass is 16.5. The fourth-order valence-corrected chi connectivity index (χ4v) is 2.99. The first-order valence-corrected chi connectivity index (χ1v) is 8.40. The van der Waals surface area contributed by atoms with Crippen LogP contribution in [0.15, 0.2) is 45.8 Å². The van der Waals surface area contributed by atoms with Crippen LogP contribution >= 0.6 is 0 Å². The number of hydrogen-bond acceptors (Lipinski definition) is 6. The lowest BCUT2D eigenvalue weighted by molar-refractivity contribution is 0.0951. The number of furan rings is 1. The van der Waals surface area contributed by atoms with Gasteiger partial charge in [0.25, 0.3) is 11.6 Å². The molecule has 0 unspecified atom stereocenters. The van der Waals surface area contributed by atoms with Crippen molar-refractivity contribution in [2.75, 3.05) is 0 Å². The number of imidazole rings is 1. The molecule has 4 aromatic heterocycles. The summed E-state index contributed by atoms with van der Waals surface area (Å²) < 4.78 is 10.8. The number of amides is 1. The van der Waals surface area contributed by atoms with Crippen LogP contribution < -0.4 is 5.32 Å². The molecule has 0 aromatic carbocycles. The molecule has 0 bridgehead atoms. The number of nitrogens with zero attached hydrogens (tertiary/aromatic N) is 3. The number of carbonyl (C=O) groups excluding carboxylic acids is 1. The summed E-state index contributed by atoms with van der Waals surface area (Å²) >= 11 is 0. The second-order valence-corrected chi connectivity index (χ2v) is 6.27. The summed E-state index contributed by atoms with van der Waals surface area (Å²) in [4.78, 5) is 24.5. The molecule has 5 rings (SSSR count). The Morgan fingerprint density at radius 1 is 1.38 bits per heavy atom. The van der Waals surface area contributed by atoms with Gasteiger partial charge in [0, 0.05) is 18.3 Å². The third kappa shape index (κ3) is 2.55. The minimum atomic E-state index is -0.230. The number of aromatic amines is 1. The normalized spacial score (nSPS) is 14.0. The van der Waals surface area contributed by atoms with Crippen molar-refractivity contribution in [3.05, 3.63) is 53.9 Å². The zero-order chi connectivity index (χ0) is 17.5. The van der Waals surface area contributed by atoms with Crippen LogP contribution in [0, 0.1) is 0 Å². The van der Waals surface area contributed by atoms with Crippen molar-refractivity contribution in [1.82, 2.24) is 25.4 Å². The Morgan fingerprint density at radius 3 is 3.04 bits per heavy atom. The average molecular weight is 349 g/mol. The Hall–Kier alpha value is -3.42. The maximum Gasteiger partial charge on any atom is 0.259 e. The number of nitrogens with one attached hydrogen (secondary N) is 2. The standard InChI is InChI=1S/C18H15N5O3/c24-17(21-9-14-19-5-6-20-14)11-8-12(13-2-1-7-25-13)22-18-15(11)16(23-26-18)10-3-4-10/h1-2,5-8,10H,3-4,9H2,(H,19,20)(H,21,24). The van der Waals surface area contributed by atoms with E-state index >= 15 is 0 Å². The number of H-pyrrole nitrogens is 1. The van der Waals surface area contributed by atoms with E-state index in [4.69, 9.17) is 8.94 Å². The molecule has 1 aliphatic rings. The van der Waals surface area contributed by atoms with Gasteiger partial charge in [-0.2, -0.15) is 0 Å². The van der Waals surface area contributed by atoms with E-state index in [2.05, 4.69) is 25.4 Å². The Morgan fingerprint density at radius 2 is 2.31 bits per heavy atom. The van der Waals surface area contributed by atoms with Crippen LogP contribution in [-0.2, 0) is 6.54 Å². The predicted molar refractivity (Wildman–Crippen MR) is 91.2 cm³/mol. The number of carbonyl (C=O) groups is 1. The highest BCUT2D eigenvalue weighted by Gasteiger charge is 2.32. The number of rotatable bonds is 5. The fraction of sp³-hybridized carbons (Fsp3) is 0.222. The van der Waals surface area contributed by atoms with Crippen LogP contribution in [0.5, 0.6) is 0 Å². The third-order valence-corrected chi connectivity index (χ3v) is 4.43. The molecule has 0 aliphatic heterocycles. The summed E-state index contributed by atoms with van der Waals surface area (Å²) in [5.41, 5.74) is 2.17. The van der Waals surface area contributed by atoms with Gasteiger partial charge < -0.3 is 19.2 Å². The van der Waals surface area contributed by atoms with E-state index in [0.29, 0.717) is 46.4 Å². The van der Waals surface area contributed by atoms with Crippen molar-refractivity contribution in [2.24, 2.45) is 0 Å². The van der Waals surface area contributed by atoms with E-state index in [1.165, 1.54) is 0 Å². The van der Waals surface area contributed by atoms with E-state index in [-0.39, 0.29) is 5.91 Å². The van der Waals surface area contributed by atoms with Gasteiger partial charge in [0.2, 0.25) is 0 Å². The molecule has 8 heteroatoms. The first kappa shape index (κ1) is 14.9. The number of hydrogen-bond donors (Lipinski definition) is 2. The van der Waals surface area contributed by atoms with Gasteiger partial charge in [-0.25, -0.2) is 9.97 Å². The maximum atomic E-state index is 12.9. The Labute approximate surface area is 147 Å². The largest absolute Gasteiger partial charge is 0.463 e. The highest BCUT2D eigenvalue weighted by Crippen LogP contribution is 2.43. The molecule has 4 heterocycles. The molecular formula is C18H15N5O3. The summed E-state index contributed by atoms with van der Waals surface area (Å²) in [6.45, 7) is 0.301. The lowest BCUT2D eigenvalue weighted by Crippen LogP contribution is -2.24. The molecular weight excluding hydrogens is 334 g/mol. The quantitative estimate of drug-likeness (QED) is 0.573. The Balaban J connectivity index is 1.58. The molecule has 0 spiro atoms. The van der Waals surface area contributed by atoms with Crippen LogP contribution in [0.2, 0.25) is 0 Å². The zero-order valence-corrected chi connectivity index (χ0v) is 13.7. The van der Waals surface area contributed by atoms with E-state index in [1.54, 1.807) is 36.9 Å². The van der Waals surface area contributed by atoms with Crippen molar-refractivity contribution in [3.8, 4) is 11.5 Å². The Bertz CT molecular complexity index is 1060. The van der Waals surface area contributed by atoms with Crippen LogP contribution in [0.4, 0.5) is 0 Å². The van der Waals surface area contributed by atoms with Crippen molar-refractivity contribution in [2.45, 2.75) is 25.3 Å². The van der Waals surface area contributed by atoms with Crippen LogP contribution in [0.3, 0.4) is 0 Å². The minimum Gasteiger partial charge on any atom is -0.463 e. The number of pyridine rings is 1. The lowest BCUT2D eigenvalue weighted by Gasteiger charge is -2.07. The fourth-order valence-electron chi connectivity index (χ4n) is 2.99. The van der Waals surface area contributed by atoms with Crippen molar-refractivity contribution < 1.29 is 13.7 Å². The highest BCUT2D eigenvalue weighted by molar-refractivity contribution is 6.07. The van der Waals surface area contributed by atoms with Gasteiger partial charge in [-0.3, -0.25) is 4.79 Å². The predicted octanol–water partition coefficient (Wildman–Crippen LogP) is 3.01. The minimum absolute atomic E-state index is 0.230. The molecule has 8 nitrogen and oxygen atoms in total. The molecule has 1 fully saturated rings. The molecule has 0 atom stereocenters. The van der Waals surface area contributed by atoms with E-state index in [1.807, 2.05) is 0 Å². The number of aromatic nitrogens is 4. The topological polar surface area (TPSA) is 110 Å². The summed E-state index contributed by atoms with van der Waals surface area (Å²) in [6.07, 6.45) is 7.02. The van der Waals surface area contributed by atoms with Gasteiger partial charge in [0.15, 0.2) is 5.76 Å². The smallest absolute Gasteiger partial charge is 0.259 e. The van der Waals surface area contributed by atoms with Crippen molar-refractivity contribution in [3.63, 3.8) is 0 Å². The van der Waals surface area contributed by atoms with Crippen molar-refractivity contribution >= 4 is 17.0 Å². The second kappa shape index (κ2) is 5.83. The molecule has 2 N–H and O–H groups in total. The maximum absolute atomic E-state index is 12.9. The molecule has 1 aliphatic carbocycles. The summed E-state index contributed by atoms with van der Waals surface area (Å²) in [5, 5.41) is 7.73.